The molecule has 1 fully saturated rings. The number of pyridine rings is 1. The fourth-order valence-electron chi connectivity index (χ4n) is 3.07. The van der Waals surface area contributed by atoms with E-state index in [0.717, 1.165) is 25.9 Å². The van der Waals surface area contributed by atoms with Gasteiger partial charge in [-0.25, -0.2) is 9.78 Å². The Morgan fingerprint density at radius 1 is 1.00 bits per heavy atom. The zero-order valence-corrected chi connectivity index (χ0v) is 15.2. The monoisotopic (exact) mass is 383 g/mol. The van der Waals surface area contributed by atoms with E-state index < -0.39 is 0 Å². The van der Waals surface area contributed by atoms with Gasteiger partial charge in [-0.1, -0.05) is 17.7 Å². The number of nitrogens with one attached hydrogen (secondary N) is 2. The molecule has 2 N–H and O–H groups in total. The zero-order valence-electron chi connectivity index (χ0n) is 14.5. The molecule has 1 saturated heterocycles. The normalized spacial score (nSPS) is 13.7. The van der Waals surface area contributed by atoms with Crippen LogP contribution < -0.4 is 10.6 Å². The maximum atomic E-state index is 12.5. The minimum absolute atomic E-state index is 0.117. The van der Waals surface area contributed by atoms with Gasteiger partial charge in [-0.05, 0) is 43.2 Å². The van der Waals surface area contributed by atoms with E-state index in [1.54, 1.807) is 58.1 Å². The molecule has 2 aromatic heterocycles. The Hall–Kier alpha value is -3.06. The van der Waals surface area contributed by atoms with E-state index >= 15 is 0 Å². The summed E-state index contributed by atoms with van der Waals surface area (Å²) in [5, 5.41) is 6.23. The van der Waals surface area contributed by atoms with Gasteiger partial charge in [0.05, 0.1) is 5.02 Å². The number of benzene rings is 1. The predicted molar refractivity (Wildman–Crippen MR) is 104 cm³/mol. The number of hydrogen-bond donors (Lipinski definition) is 2. The molecular weight excluding hydrogens is 366 g/mol. The van der Waals surface area contributed by atoms with Crippen LogP contribution >= 0.6 is 11.6 Å². The average molecular weight is 384 g/mol. The number of urea groups is 1. The molecule has 0 radical (unpaired) electrons. The van der Waals surface area contributed by atoms with Crippen molar-refractivity contribution in [2.45, 2.75) is 12.8 Å². The number of rotatable bonds is 3. The first-order valence-corrected chi connectivity index (χ1v) is 9.08. The highest BCUT2D eigenvalue weighted by Gasteiger charge is 2.18. The molecule has 0 spiro atoms. The van der Waals surface area contributed by atoms with E-state index in [0.29, 0.717) is 22.0 Å². The number of hydrogen-bond acceptors (Lipinski definition) is 3. The molecule has 8 heteroatoms. The van der Waals surface area contributed by atoms with E-state index in [2.05, 4.69) is 15.6 Å². The van der Waals surface area contributed by atoms with Gasteiger partial charge in [0.2, 0.25) is 0 Å². The Kier molecular flexibility index (Phi) is 4.68. The van der Waals surface area contributed by atoms with Gasteiger partial charge in [0.15, 0.2) is 0 Å². The quantitative estimate of drug-likeness (QED) is 0.720. The van der Waals surface area contributed by atoms with Crippen molar-refractivity contribution >= 4 is 40.6 Å². The Labute approximate surface area is 160 Å². The summed E-state index contributed by atoms with van der Waals surface area (Å²) in [6.07, 6.45) is 5.38. The summed E-state index contributed by atoms with van der Waals surface area (Å²) in [6.45, 7) is 1.56. The molecule has 27 heavy (non-hydrogen) atoms. The van der Waals surface area contributed by atoms with E-state index in [-0.39, 0.29) is 17.6 Å². The SMILES string of the molecule is O=C(Nc1cccc(NC(=O)N2CCCC2)c1)c1cn2cc(Cl)ccc2n1. The highest BCUT2D eigenvalue weighted by molar-refractivity contribution is 6.30. The Morgan fingerprint density at radius 2 is 1.74 bits per heavy atom. The number of fused-ring (bicyclic) bond motifs is 1. The van der Waals surface area contributed by atoms with Crippen LogP contribution in [0.5, 0.6) is 0 Å². The van der Waals surface area contributed by atoms with Crippen LogP contribution in [0.3, 0.4) is 0 Å². The lowest BCUT2D eigenvalue weighted by atomic mass is 10.2. The van der Waals surface area contributed by atoms with E-state index in [1.165, 1.54) is 0 Å². The standard InChI is InChI=1S/C19H18ClN5O2/c20-13-6-7-17-23-16(12-25(17)11-13)18(26)21-14-4-3-5-15(10-14)22-19(27)24-8-1-2-9-24/h3-7,10-12H,1-2,8-9H2,(H,21,26)(H,22,27). The van der Waals surface area contributed by atoms with Gasteiger partial charge in [0, 0.05) is 36.9 Å². The van der Waals surface area contributed by atoms with Crippen LogP contribution in [0, 0.1) is 0 Å². The summed E-state index contributed by atoms with van der Waals surface area (Å²) in [6, 6.07) is 10.4. The largest absolute Gasteiger partial charge is 0.325 e. The van der Waals surface area contributed by atoms with E-state index in [9.17, 15) is 9.59 Å². The fraction of sp³-hybridized carbons (Fsp3) is 0.211. The summed E-state index contributed by atoms with van der Waals surface area (Å²) in [5.74, 6) is -0.335. The van der Waals surface area contributed by atoms with Crippen molar-refractivity contribution in [3.63, 3.8) is 0 Å². The molecule has 0 saturated carbocycles. The molecule has 1 aliphatic rings. The van der Waals surface area contributed by atoms with Crippen molar-refractivity contribution in [1.29, 1.82) is 0 Å². The van der Waals surface area contributed by atoms with Crippen molar-refractivity contribution in [1.82, 2.24) is 14.3 Å². The summed E-state index contributed by atoms with van der Waals surface area (Å²) < 4.78 is 1.70. The zero-order chi connectivity index (χ0) is 18.8. The number of halogens is 1. The first kappa shape index (κ1) is 17.4. The molecule has 0 unspecified atom stereocenters. The molecule has 7 nitrogen and oxygen atoms in total. The van der Waals surface area contributed by atoms with Crippen LogP contribution in [0.15, 0.2) is 48.8 Å². The molecule has 3 heterocycles. The van der Waals surface area contributed by atoms with Gasteiger partial charge in [0.1, 0.15) is 11.3 Å². The molecule has 0 atom stereocenters. The van der Waals surface area contributed by atoms with Gasteiger partial charge in [-0.3, -0.25) is 4.79 Å². The van der Waals surface area contributed by atoms with Crippen LogP contribution in [0.1, 0.15) is 23.3 Å². The molecule has 1 aliphatic heterocycles. The third kappa shape index (κ3) is 3.88. The van der Waals surface area contributed by atoms with Crippen LogP contribution in [0.4, 0.5) is 16.2 Å². The van der Waals surface area contributed by atoms with Gasteiger partial charge in [-0.2, -0.15) is 0 Å². The van der Waals surface area contributed by atoms with Crippen molar-refractivity contribution in [3.8, 4) is 0 Å². The third-order valence-electron chi connectivity index (χ3n) is 4.41. The molecule has 138 valence electrons. The number of imidazole rings is 1. The Bertz CT molecular complexity index is 1010. The predicted octanol–water partition coefficient (Wildman–Crippen LogP) is 3.87. The van der Waals surface area contributed by atoms with Crippen molar-refractivity contribution in [3.05, 3.63) is 59.5 Å². The second kappa shape index (κ2) is 7.28. The number of aromatic nitrogens is 2. The number of likely N-dealkylation sites (tertiary alicyclic amines) is 1. The van der Waals surface area contributed by atoms with E-state index in [1.807, 2.05) is 0 Å². The first-order valence-electron chi connectivity index (χ1n) is 8.70. The summed E-state index contributed by atoms with van der Waals surface area (Å²) in [5.41, 5.74) is 2.13. The second-order valence-corrected chi connectivity index (χ2v) is 6.83. The first-order chi connectivity index (χ1) is 13.1. The maximum absolute atomic E-state index is 12.5. The van der Waals surface area contributed by atoms with Gasteiger partial charge >= 0.3 is 6.03 Å². The van der Waals surface area contributed by atoms with E-state index in [4.69, 9.17) is 11.6 Å². The smallest absolute Gasteiger partial charge is 0.321 e. The van der Waals surface area contributed by atoms with Crippen LogP contribution in [-0.2, 0) is 0 Å². The molecular formula is C19H18ClN5O2. The highest BCUT2D eigenvalue weighted by Crippen LogP contribution is 2.18. The molecule has 3 aromatic rings. The van der Waals surface area contributed by atoms with Gasteiger partial charge < -0.3 is 19.9 Å². The molecule has 3 amide bonds. The minimum atomic E-state index is -0.335. The second-order valence-electron chi connectivity index (χ2n) is 6.40. The van der Waals surface area contributed by atoms with Crippen LogP contribution in [0.25, 0.3) is 5.65 Å². The fourth-order valence-corrected chi connectivity index (χ4v) is 3.23. The Morgan fingerprint density at radius 3 is 2.52 bits per heavy atom. The molecule has 0 aliphatic carbocycles. The molecule has 0 bridgehead atoms. The lowest BCUT2D eigenvalue weighted by molar-refractivity contribution is 0.102. The third-order valence-corrected chi connectivity index (χ3v) is 4.64. The number of carbonyl (C=O) groups excluding carboxylic acids is 2. The number of anilines is 2. The van der Waals surface area contributed by atoms with Crippen molar-refractivity contribution in [2.75, 3.05) is 23.7 Å². The Balaban J connectivity index is 1.46. The number of carbonyl (C=O) groups is 2. The number of amides is 3. The van der Waals surface area contributed by atoms with Gasteiger partial charge in [-0.15, -0.1) is 0 Å². The number of nitrogens with zero attached hydrogens (tertiary/aromatic N) is 3. The summed E-state index contributed by atoms with van der Waals surface area (Å²) >= 11 is 5.96. The summed E-state index contributed by atoms with van der Waals surface area (Å²) in [7, 11) is 0. The van der Waals surface area contributed by atoms with Crippen molar-refractivity contribution in [2.24, 2.45) is 0 Å². The van der Waals surface area contributed by atoms with Gasteiger partial charge in [0.25, 0.3) is 5.91 Å². The molecule has 1 aromatic carbocycles. The van der Waals surface area contributed by atoms with Crippen molar-refractivity contribution < 1.29 is 9.59 Å². The van der Waals surface area contributed by atoms with Crippen LogP contribution in [-0.4, -0.2) is 39.3 Å². The average Bonchev–Trinajstić information content (AvgIpc) is 3.31. The topological polar surface area (TPSA) is 78.7 Å². The molecule has 4 rings (SSSR count). The van der Waals surface area contributed by atoms with Crippen LogP contribution in [0.2, 0.25) is 5.02 Å². The minimum Gasteiger partial charge on any atom is -0.325 e. The lowest BCUT2D eigenvalue weighted by Crippen LogP contribution is -2.32. The highest BCUT2D eigenvalue weighted by atomic mass is 35.5. The summed E-state index contributed by atoms with van der Waals surface area (Å²) in [4.78, 5) is 30.8. The maximum Gasteiger partial charge on any atom is 0.321 e. The lowest BCUT2D eigenvalue weighted by Gasteiger charge is -2.16.